The van der Waals surface area contributed by atoms with Crippen molar-refractivity contribution in [1.82, 2.24) is 15.0 Å². The number of benzene rings is 1. The molecule has 4 heteroatoms. The third kappa shape index (κ3) is 2.27. The van der Waals surface area contributed by atoms with Crippen molar-refractivity contribution in [3.05, 3.63) is 60.6 Å². The van der Waals surface area contributed by atoms with E-state index >= 15 is 0 Å². The molecule has 18 heavy (non-hydrogen) atoms. The Balaban J connectivity index is 1.79. The van der Waals surface area contributed by atoms with Crippen LogP contribution in [0.25, 0.3) is 11.0 Å². The molecule has 1 N–H and O–H groups in total. The molecule has 0 unspecified atom stereocenters. The van der Waals surface area contributed by atoms with E-state index in [0.29, 0.717) is 6.54 Å². The van der Waals surface area contributed by atoms with Crippen LogP contribution in [-0.2, 0) is 6.54 Å². The predicted octanol–water partition coefficient (Wildman–Crippen LogP) is 2.64. The van der Waals surface area contributed by atoms with Crippen LogP contribution in [0.3, 0.4) is 0 Å². The minimum Gasteiger partial charge on any atom is -0.363 e. The molecule has 4 nitrogen and oxygen atoms in total. The van der Waals surface area contributed by atoms with Crippen LogP contribution < -0.4 is 5.32 Å². The second kappa shape index (κ2) is 4.79. The summed E-state index contributed by atoms with van der Waals surface area (Å²) in [5.74, 6) is 0.763. The summed E-state index contributed by atoms with van der Waals surface area (Å²) < 4.78 is 0. The molecule has 0 atom stereocenters. The van der Waals surface area contributed by atoms with Gasteiger partial charge in [-0.15, -0.1) is 0 Å². The standard InChI is InChI=1S/C14H12N4/c1-2-7-13-12(6-1)16-10-14(18-13)17-9-11-5-3-4-8-15-11/h1-8,10H,9H2,(H,17,18). The molecule has 1 aromatic carbocycles. The molecule has 0 radical (unpaired) electrons. The van der Waals surface area contributed by atoms with Crippen LogP contribution in [0.1, 0.15) is 5.69 Å². The molecule has 0 saturated carbocycles. The van der Waals surface area contributed by atoms with Crippen LogP contribution in [-0.4, -0.2) is 15.0 Å². The number of nitrogens with one attached hydrogen (secondary N) is 1. The number of pyridine rings is 1. The average Bonchev–Trinajstić information content (AvgIpc) is 2.46. The van der Waals surface area contributed by atoms with Crippen molar-refractivity contribution in [2.45, 2.75) is 6.54 Å². The largest absolute Gasteiger partial charge is 0.363 e. The Morgan fingerprint density at radius 2 is 1.72 bits per heavy atom. The summed E-state index contributed by atoms with van der Waals surface area (Å²) in [5.41, 5.74) is 2.77. The molecule has 0 aliphatic carbocycles. The highest BCUT2D eigenvalue weighted by Gasteiger charge is 1.99. The SMILES string of the molecule is c1ccc(CNc2cnc3ccccc3n2)nc1. The number of nitrogens with zero attached hydrogens (tertiary/aromatic N) is 3. The third-order valence-corrected chi connectivity index (χ3v) is 2.63. The minimum absolute atomic E-state index is 0.647. The quantitative estimate of drug-likeness (QED) is 0.759. The van der Waals surface area contributed by atoms with Gasteiger partial charge in [-0.05, 0) is 24.3 Å². The first-order valence-corrected chi connectivity index (χ1v) is 5.77. The number of para-hydroxylation sites is 2. The summed E-state index contributed by atoms with van der Waals surface area (Å²) in [5, 5.41) is 3.22. The number of hydrogen-bond donors (Lipinski definition) is 1. The Morgan fingerprint density at radius 1 is 0.889 bits per heavy atom. The Labute approximate surface area is 105 Å². The van der Waals surface area contributed by atoms with Crippen LogP contribution in [0, 0.1) is 0 Å². The number of aromatic nitrogens is 3. The van der Waals surface area contributed by atoms with Crippen molar-refractivity contribution in [2.24, 2.45) is 0 Å². The predicted molar refractivity (Wildman–Crippen MR) is 71.1 cm³/mol. The van der Waals surface area contributed by atoms with Crippen LogP contribution in [0.4, 0.5) is 5.82 Å². The van der Waals surface area contributed by atoms with E-state index in [1.807, 2.05) is 42.5 Å². The van der Waals surface area contributed by atoms with Gasteiger partial charge in [-0.2, -0.15) is 0 Å². The smallest absolute Gasteiger partial charge is 0.145 e. The van der Waals surface area contributed by atoms with E-state index in [1.165, 1.54) is 0 Å². The molecule has 0 bridgehead atoms. The lowest BCUT2D eigenvalue weighted by Crippen LogP contribution is -2.03. The number of rotatable bonds is 3. The van der Waals surface area contributed by atoms with E-state index in [-0.39, 0.29) is 0 Å². The molecule has 88 valence electrons. The van der Waals surface area contributed by atoms with Crippen molar-refractivity contribution >= 4 is 16.9 Å². The van der Waals surface area contributed by atoms with Gasteiger partial charge in [-0.25, -0.2) is 4.98 Å². The van der Waals surface area contributed by atoms with Gasteiger partial charge in [0, 0.05) is 6.20 Å². The summed E-state index contributed by atoms with van der Waals surface area (Å²) in [6, 6.07) is 13.7. The van der Waals surface area contributed by atoms with Gasteiger partial charge in [0.15, 0.2) is 0 Å². The highest BCUT2D eigenvalue weighted by atomic mass is 15.0. The number of fused-ring (bicyclic) bond motifs is 1. The molecule has 0 amide bonds. The maximum absolute atomic E-state index is 4.49. The van der Waals surface area contributed by atoms with Crippen molar-refractivity contribution in [3.8, 4) is 0 Å². The second-order valence-electron chi connectivity index (χ2n) is 3.92. The maximum atomic E-state index is 4.49. The molecular formula is C14H12N4. The molecular weight excluding hydrogens is 224 g/mol. The fourth-order valence-corrected chi connectivity index (χ4v) is 1.73. The average molecular weight is 236 g/mol. The van der Waals surface area contributed by atoms with E-state index in [1.54, 1.807) is 12.4 Å². The Morgan fingerprint density at radius 3 is 2.56 bits per heavy atom. The van der Waals surface area contributed by atoms with E-state index in [9.17, 15) is 0 Å². The van der Waals surface area contributed by atoms with Crippen LogP contribution in [0.2, 0.25) is 0 Å². The van der Waals surface area contributed by atoms with E-state index in [0.717, 1.165) is 22.5 Å². The van der Waals surface area contributed by atoms with Gasteiger partial charge in [-0.1, -0.05) is 18.2 Å². The highest BCUT2D eigenvalue weighted by Crippen LogP contribution is 2.11. The van der Waals surface area contributed by atoms with Crippen molar-refractivity contribution < 1.29 is 0 Å². The molecule has 0 aliphatic heterocycles. The normalized spacial score (nSPS) is 10.4. The number of hydrogen-bond acceptors (Lipinski definition) is 4. The minimum atomic E-state index is 0.647. The Bertz CT molecular complexity index is 652. The lowest BCUT2D eigenvalue weighted by atomic mass is 10.3. The van der Waals surface area contributed by atoms with Crippen molar-refractivity contribution in [1.29, 1.82) is 0 Å². The van der Waals surface area contributed by atoms with Gasteiger partial charge < -0.3 is 5.32 Å². The number of anilines is 1. The molecule has 0 saturated heterocycles. The topological polar surface area (TPSA) is 50.7 Å². The van der Waals surface area contributed by atoms with Gasteiger partial charge in [0.25, 0.3) is 0 Å². The first-order chi connectivity index (χ1) is 8.92. The third-order valence-electron chi connectivity index (χ3n) is 2.63. The van der Waals surface area contributed by atoms with Gasteiger partial charge >= 0.3 is 0 Å². The molecule has 3 rings (SSSR count). The van der Waals surface area contributed by atoms with Gasteiger partial charge in [0.1, 0.15) is 5.82 Å². The monoisotopic (exact) mass is 236 g/mol. The van der Waals surface area contributed by atoms with Gasteiger partial charge in [0.05, 0.1) is 29.5 Å². The Hall–Kier alpha value is -2.49. The first-order valence-electron chi connectivity index (χ1n) is 5.77. The lowest BCUT2D eigenvalue weighted by Gasteiger charge is -2.05. The van der Waals surface area contributed by atoms with E-state index < -0.39 is 0 Å². The van der Waals surface area contributed by atoms with Crippen molar-refractivity contribution in [2.75, 3.05) is 5.32 Å². The molecule has 2 aromatic heterocycles. The fraction of sp³-hybridized carbons (Fsp3) is 0.0714. The molecule has 3 aromatic rings. The van der Waals surface area contributed by atoms with Crippen LogP contribution >= 0.6 is 0 Å². The van der Waals surface area contributed by atoms with Gasteiger partial charge in [0.2, 0.25) is 0 Å². The molecule has 2 heterocycles. The fourth-order valence-electron chi connectivity index (χ4n) is 1.73. The zero-order valence-corrected chi connectivity index (χ0v) is 9.74. The van der Waals surface area contributed by atoms with Crippen molar-refractivity contribution in [3.63, 3.8) is 0 Å². The summed E-state index contributed by atoms with van der Waals surface area (Å²) >= 11 is 0. The molecule has 0 aliphatic rings. The van der Waals surface area contributed by atoms with Crippen LogP contribution in [0.5, 0.6) is 0 Å². The summed E-state index contributed by atoms with van der Waals surface area (Å²) in [4.78, 5) is 13.1. The van der Waals surface area contributed by atoms with Gasteiger partial charge in [-0.3, -0.25) is 9.97 Å². The highest BCUT2D eigenvalue weighted by molar-refractivity contribution is 5.75. The zero-order chi connectivity index (χ0) is 12.2. The second-order valence-corrected chi connectivity index (χ2v) is 3.92. The van der Waals surface area contributed by atoms with E-state index in [2.05, 4.69) is 20.3 Å². The lowest BCUT2D eigenvalue weighted by molar-refractivity contribution is 1.03. The first kappa shape index (κ1) is 10.7. The molecule has 0 spiro atoms. The van der Waals surface area contributed by atoms with E-state index in [4.69, 9.17) is 0 Å². The molecule has 0 fully saturated rings. The zero-order valence-electron chi connectivity index (χ0n) is 9.74. The summed E-state index contributed by atoms with van der Waals surface area (Å²) in [7, 11) is 0. The van der Waals surface area contributed by atoms with Crippen LogP contribution in [0.15, 0.2) is 54.9 Å². The Kier molecular flexibility index (Phi) is 2.84. The summed E-state index contributed by atoms with van der Waals surface area (Å²) in [6.45, 7) is 0.647. The summed E-state index contributed by atoms with van der Waals surface area (Å²) in [6.07, 6.45) is 3.52. The maximum Gasteiger partial charge on any atom is 0.145 e.